The van der Waals surface area contributed by atoms with Crippen LogP contribution in [0.2, 0.25) is 0 Å². The summed E-state index contributed by atoms with van der Waals surface area (Å²) in [6.45, 7) is 3.28. The van der Waals surface area contributed by atoms with E-state index in [4.69, 9.17) is 4.74 Å². The Hall–Kier alpha value is -0.810. The Bertz CT molecular complexity index is 215. The van der Waals surface area contributed by atoms with E-state index in [1.165, 1.54) is 0 Å². The fraction of sp³-hybridized carbons (Fsp3) is 0.909. The van der Waals surface area contributed by atoms with Gasteiger partial charge < -0.3 is 19.9 Å². The molecule has 5 heteroatoms. The van der Waals surface area contributed by atoms with E-state index in [9.17, 15) is 4.79 Å². The molecule has 1 fully saturated rings. The van der Waals surface area contributed by atoms with Crippen LogP contribution in [0.4, 0.5) is 4.79 Å². The minimum Gasteiger partial charge on any atom is -0.383 e. The molecule has 1 saturated heterocycles. The van der Waals surface area contributed by atoms with Crippen LogP contribution in [0.1, 0.15) is 12.8 Å². The van der Waals surface area contributed by atoms with Gasteiger partial charge in [0.05, 0.1) is 6.61 Å². The number of rotatable bonds is 4. The van der Waals surface area contributed by atoms with Crippen molar-refractivity contribution < 1.29 is 9.53 Å². The molecule has 94 valence electrons. The number of ether oxygens (including phenoxy) is 1. The van der Waals surface area contributed by atoms with E-state index < -0.39 is 0 Å². The molecule has 16 heavy (non-hydrogen) atoms. The molecule has 1 rings (SSSR count). The number of methoxy groups -OCH3 is 1. The number of hydrogen-bond donors (Lipinski definition) is 1. The maximum atomic E-state index is 11.7. The van der Waals surface area contributed by atoms with Crippen molar-refractivity contribution in [3.63, 3.8) is 0 Å². The van der Waals surface area contributed by atoms with E-state index >= 15 is 0 Å². The lowest BCUT2D eigenvalue weighted by atomic mass is 10.0. The summed E-state index contributed by atoms with van der Waals surface area (Å²) in [7, 11) is 5.62. The van der Waals surface area contributed by atoms with Crippen molar-refractivity contribution in [1.29, 1.82) is 0 Å². The van der Waals surface area contributed by atoms with Crippen LogP contribution in [0, 0.1) is 0 Å². The summed E-state index contributed by atoms with van der Waals surface area (Å²) in [5, 5.41) is 2.84. The molecule has 0 unspecified atom stereocenters. The standard InChI is InChI=1S/C11H23N3O2/c1-13-7-4-10(5-8-13)14(2)11(15)12-6-9-16-3/h10H,4-9H2,1-3H3,(H,12,15). The first-order valence-corrected chi connectivity index (χ1v) is 5.83. The predicted octanol–water partition coefficient (Wildman–Crippen LogP) is 0.368. The number of nitrogens with zero attached hydrogens (tertiary/aromatic N) is 2. The summed E-state index contributed by atoms with van der Waals surface area (Å²) in [6, 6.07) is 0.380. The van der Waals surface area contributed by atoms with Gasteiger partial charge in [0, 0.05) is 26.7 Å². The van der Waals surface area contributed by atoms with Crippen LogP contribution < -0.4 is 5.32 Å². The zero-order valence-corrected chi connectivity index (χ0v) is 10.5. The summed E-state index contributed by atoms with van der Waals surface area (Å²) >= 11 is 0. The summed E-state index contributed by atoms with van der Waals surface area (Å²) in [4.78, 5) is 15.9. The van der Waals surface area contributed by atoms with Crippen molar-refractivity contribution in [2.45, 2.75) is 18.9 Å². The van der Waals surface area contributed by atoms with Gasteiger partial charge in [0.2, 0.25) is 0 Å². The van der Waals surface area contributed by atoms with Gasteiger partial charge in [-0.2, -0.15) is 0 Å². The van der Waals surface area contributed by atoms with E-state index in [1.807, 2.05) is 11.9 Å². The van der Waals surface area contributed by atoms with Gasteiger partial charge in [-0.3, -0.25) is 0 Å². The molecular formula is C11H23N3O2. The Morgan fingerprint density at radius 1 is 1.50 bits per heavy atom. The second kappa shape index (κ2) is 6.70. The normalized spacial score (nSPS) is 18.4. The number of carbonyl (C=O) groups is 1. The average Bonchev–Trinajstić information content (AvgIpc) is 2.29. The van der Waals surface area contributed by atoms with Crippen LogP contribution in [0.25, 0.3) is 0 Å². The van der Waals surface area contributed by atoms with E-state index in [-0.39, 0.29) is 6.03 Å². The van der Waals surface area contributed by atoms with Crippen molar-refractivity contribution in [2.24, 2.45) is 0 Å². The number of nitrogens with one attached hydrogen (secondary N) is 1. The summed E-state index contributed by atoms with van der Waals surface area (Å²) < 4.78 is 4.89. The second-order valence-electron chi connectivity index (χ2n) is 4.37. The highest BCUT2D eigenvalue weighted by atomic mass is 16.5. The molecule has 0 spiro atoms. The maximum Gasteiger partial charge on any atom is 0.317 e. The first kappa shape index (κ1) is 13.3. The first-order valence-electron chi connectivity index (χ1n) is 5.83. The third-order valence-corrected chi connectivity index (χ3v) is 3.14. The second-order valence-corrected chi connectivity index (χ2v) is 4.37. The predicted molar refractivity (Wildman–Crippen MR) is 63.6 cm³/mol. The van der Waals surface area contributed by atoms with Crippen molar-refractivity contribution in [3.8, 4) is 0 Å². The van der Waals surface area contributed by atoms with Crippen LogP contribution in [-0.2, 0) is 4.74 Å². The highest BCUT2D eigenvalue weighted by Crippen LogP contribution is 2.13. The third kappa shape index (κ3) is 3.98. The summed E-state index contributed by atoms with van der Waals surface area (Å²) in [6.07, 6.45) is 2.12. The minimum absolute atomic E-state index is 0.00611. The minimum atomic E-state index is 0.00611. The molecule has 1 N–H and O–H groups in total. The lowest BCUT2D eigenvalue weighted by Crippen LogP contribution is -2.48. The van der Waals surface area contributed by atoms with Crippen LogP contribution in [0.15, 0.2) is 0 Å². The molecular weight excluding hydrogens is 206 g/mol. The Kier molecular flexibility index (Phi) is 5.55. The monoisotopic (exact) mass is 229 g/mol. The molecule has 0 radical (unpaired) electrons. The molecule has 0 atom stereocenters. The Morgan fingerprint density at radius 2 is 2.12 bits per heavy atom. The van der Waals surface area contributed by atoms with E-state index in [0.717, 1.165) is 25.9 Å². The number of piperidine rings is 1. The lowest BCUT2D eigenvalue weighted by molar-refractivity contribution is 0.143. The molecule has 1 heterocycles. The SMILES string of the molecule is COCCNC(=O)N(C)C1CCN(C)CC1. The molecule has 0 aromatic rings. The third-order valence-electron chi connectivity index (χ3n) is 3.14. The first-order chi connectivity index (χ1) is 7.65. The molecule has 0 aromatic carbocycles. The molecule has 0 bridgehead atoms. The van der Waals surface area contributed by atoms with Crippen LogP contribution >= 0.6 is 0 Å². The summed E-state index contributed by atoms with van der Waals surface area (Å²) in [5.41, 5.74) is 0. The molecule has 5 nitrogen and oxygen atoms in total. The van der Waals surface area contributed by atoms with Gasteiger partial charge in [-0.25, -0.2) is 4.79 Å². The number of likely N-dealkylation sites (tertiary alicyclic amines) is 1. The van der Waals surface area contributed by atoms with Gasteiger partial charge in [0.1, 0.15) is 0 Å². The van der Waals surface area contributed by atoms with Gasteiger partial charge in [-0.05, 0) is 33.0 Å². The Labute approximate surface area is 97.7 Å². The van der Waals surface area contributed by atoms with E-state index in [0.29, 0.717) is 19.2 Å². The lowest BCUT2D eigenvalue weighted by Gasteiger charge is -2.35. The molecule has 0 aromatic heterocycles. The maximum absolute atomic E-state index is 11.7. The highest BCUT2D eigenvalue weighted by Gasteiger charge is 2.23. The zero-order valence-electron chi connectivity index (χ0n) is 10.5. The van der Waals surface area contributed by atoms with Gasteiger partial charge in [0.25, 0.3) is 0 Å². The molecule has 0 aliphatic carbocycles. The molecule has 0 saturated carbocycles. The van der Waals surface area contributed by atoms with Crippen molar-refractivity contribution in [3.05, 3.63) is 0 Å². The largest absolute Gasteiger partial charge is 0.383 e. The zero-order chi connectivity index (χ0) is 12.0. The fourth-order valence-corrected chi connectivity index (χ4v) is 1.93. The van der Waals surface area contributed by atoms with Crippen molar-refractivity contribution in [1.82, 2.24) is 15.1 Å². The molecule has 2 amide bonds. The fourth-order valence-electron chi connectivity index (χ4n) is 1.93. The molecule has 1 aliphatic rings. The average molecular weight is 229 g/mol. The number of hydrogen-bond acceptors (Lipinski definition) is 3. The van der Waals surface area contributed by atoms with Crippen molar-refractivity contribution in [2.75, 3.05) is 47.4 Å². The van der Waals surface area contributed by atoms with Gasteiger partial charge >= 0.3 is 6.03 Å². The quantitative estimate of drug-likeness (QED) is 0.708. The summed E-state index contributed by atoms with van der Waals surface area (Å²) in [5.74, 6) is 0. The Balaban J connectivity index is 2.27. The highest BCUT2D eigenvalue weighted by molar-refractivity contribution is 5.74. The van der Waals surface area contributed by atoms with Crippen LogP contribution in [0.3, 0.4) is 0 Å². The number of amides is 2. The van der Waals surface area contributed by atoms with Gasteiger partial charge in [-0.15, -0.1) is 0 Å². The van der Waals surface area contributed by atoms with E-state index in [1.54, 1.807) is 7.11 Å². The smallest absolute Gasteiger partial charge is 0.317 e. The molecule has 1 aliphatic heterocycles. The number of urea groups is 1. The van der Waals surface area contributed by atoms with Gasteiger partial charge in [0.15, 0.2) is 0 Å². The van der Waals surface area contributed by atoms with Gasteiger partial charge in [-0.1, -0.05) is 0 Å². The van der Waals surface area contributed by atoms with E-state index in [2.05, 4.69) is 17.3 Å². The Morgan fingerprint density at radius 3 is 2.69 bits per heavy atom. The topological polar surface area (TPSA) is 44.8 Å². The van der Waals surface area contributed by atoms with Crippen LogP contribution in [0.5, 0.6) is 0 Å². The van der Waals surface area contributed by atoms with Crippen molar-refractivity contribution >= 4 is 6.03 Å². The number of carbonyl (C=O) groups excluding carboxylic acids is 1. The van der Waals surface area contributed by atoms with Crippen LogP contribution in [-0.4, -0.2) is 69.3 Å².